The van der Waals surface area contributed by atoms with Gasteiger partial charge in [0.15, 0.2) is 11.6 Å². The van der Waals surface area contributed by atoms with Gasteiger partial charge in [-0.2, -0.15) is 0 Å². The molecule has 5 nitrogen and oxygen atoms in total. The van der Waals surface area contributed by atoms with E-state index in [2.05, 4.69) is 12.2 Å². The molecule has 1 aromatic carbocycles. The van der Waals surface area contributed by atoms with E-state index in [0.717, 1.165) is 25.7 Å². The molecule has 1 N–H and O–H groups in total. The standard InChI is InChI=1S/C19H22F3N3O2/c1-3-4-5-6-7-25-10-15-16(18(25)26)17(23-19(27)24(15)2)11-8-13(21)14(22)9-12(11)20/h8-9,17H,3-7,10H2,1-2H3,(H,23,27)/t17-/m1/s1. The van der Waals surface area contributed by atoms with E-state index in [1.165, 1.54) is 11.9 Å². The Hall–Kier alpha value is -2.51. The number of halogens is 3. The summed E-state index contributed by atoms with van der Waals surface area (Å²) in [4.78, 5) is 28.1. The molecule has 0 bridgehead atoms. The van der Waals surface area contributed by atoms with E-state index < -0.39 is 29.5 Å². The Kier molecular flexibility index (Phi) is 5.43. The second-order valence-electron chi connectivity index (χ2n) is 6.88. The first-order valence-electron chi connectivity index (χ1n) is 9.06. The molecular formula is C19H22F3N3O2. The molecule has 0 saturated heterocycles. The number of benzene rings is 1. The molecule has 0 aromatic heterocycles. The average molecular weight is 381 g/mol. The fourth-order valence-corrected chi connectivity index (χ4v) is 3.53. The molecule has 2 aliphatic heterocycles. The number of hydrogen-bond acceptors (Lipinski definition) is 2. The molecule has 2 aliphatic rings. The first-order chi connectivity index (χ1) is 12.8. The van der Waals surface area contributed by atoms with Crippen LogP contribution in [-0.2, 0) is 4.79 Å². The minimum atomic E-state index is -1.32. The third-order valence-electron chi connectivity index (χ3n) is 5.07. The van der Waals surface area contributed by atoms with Crippen molar-refractivity contribution in [2.24, 2.45) is 0 Å². The summed E-state index contributed by atoms with van der Waals surface area (Å²) in [6, 6.07) is -0.546. The molecule has 0 radical (unpaired) electrons. The van der Waals surface area contributed by atoms with Crippen LogP contribution in [0.15, 0.2) is 23.4 Å². The Morgan fingerprint density at radius 3 is 2.48 bits per heavy atom. The highest BCUT2D eigenvalue weighted by molar-refractivity contribution is 6.01. The summed E-state index contributed by atoms with van der Waals surface area (Å²) in [7, 11) is 1.52. The van der Waals surface area contributed by atoms with Gasteiger partial charge in [-0.3, -0.25) is 9.69 Å². The minimum Gasteiger partial charge on any atom is -0.333 e. The van der Waals surface area contributed by atoms with E-state index in [1.54, 1.807) is 4.90 Å². The second kappa shape index (κ2) is 7.62. The molecule has 0 unspecified atom stereocenters. The van der Waals surface area contributed by atoms with Crippen molar-refractivity contribution in [1.29, 1.82) is 0 Å². The molecule has 3 amide bonds. The summed E-state index contributed by atoms with van der Waals surface area (Å²) in [6.07, 6.45) is 3.95. The Bertz CT molecular complexity index is 810. The first-order valence-corrected chi connectivity index (χ1v) is 9.06. The van der Waals surface area contributed by atoms with Crippen molar-refractivity contribution < 1.29 is 22.8 Å². The maximum absolute atomic E-state index is 14.3. The quantitative estimate of drug-likeness (QED) is 0.606. The molecule has 8 heteroatoms. The highest BCUT2D eigenvalue weighted by atomic mass is 19.2. The summed E-state index contributed by atoms with van der Waals surface area (Å²) in [5.41, 5.74) is 0.412. The lowest BCUT2D eigenvalue weighted by Crippen LogP contribution is -2.45. The minimum absolute atomic E-state index is 0.206. The van der Waals surface area contributed by atoms with Gasteiger partial charge in [-0.25, -0.2) is 18.0 Å². The third kappa shape index (κ3) is 3.52. The van der Waals surface area contributed by atoms with E-state index in [-0.39, 0.29) is 23.6 Å². The number of carbonyl (C=O) groups excluding carboxylic acids is 2. The third-order valence-corrected chi connectivity index (χ3v) is 5.07. The predicted octanol–water partition coefficient (Wildman–Crippen LogP) is 3.48. The number of hydrogen-bond donors (Lipinski definition) is 1. The van der Waals surface area contributed by atoms with Gasteiger partial charge < -0.3 is 10.2 Å². The lowest BCUT2D eigenvalue weighted by atomic mass is 9.95. The molecule has 2 heterocycles. The Morgan fingerprint density at radius 1 is 1.07 bits per heavy atom. The molecule has 1 atom stereocenters. The Morgan fingerprint density at radius 2 is 1.78 bits per heavy atom. The molecule has 0 spiro atoms. The van der Waals surface area contributed by atoms with Crippen molar-refractivity contribution in [3.8, 4) is 0 Å². The summed E-state index contributed by atoms with van der Waals surface area (Å²) < 4.78 is 41.2. The van der Waals surface area contributed by atoms with Gasteiger partial charge in [0.25, 0.3) is 5.91 Å². The van der Waals surface area contributed by atoms with Gasteiger partial charge >= 0.3 is 6.03 Å². The number of carbonyl (C=O) groups is 2. The maximum Gasteiger partial charge on any atom is 0.322 e. The van der Waals surface area contributed by atoms with Crippen molar-refractivity contribution >= 4 is 11.9 Å². The number of urea groups is 1. The monoisotopic (exact) mass is 381 g/mol. The Balaban J connectivity index is 1.91. The van der Waals surface area contributed by atoms with Gasteiger partial charge in [0.1, 0.15) is 5.82 Å². The molecular weight excluding hydrogens is 359 g/mol. The van der Waals surface area contributed by atoms with Gasteiger partial charge in [-0.15, -0.1) is 0 Å². The zero-order chi connectivity index (χ0) is 19.7. The van der Waals surface area contributed by atoms with Crippen LogP contribution in [0.1, 0.15) is 44.2 Å². The molecule has 0 aliphatic carbocycles. The summed E-state index contributed by atoms with van der Waals surface area (Å²) >= 11 is 0. The van der Waals surface area contributed by atoms with E-state index in [4.69, 9.17) is 0 Å². The van der Waals surface area contributed by atoms with Crippen LogP contribution in [0.3, 0.4) is 0 Å². The first kappa shape index (κ1) is 19.3. The zero-order valence-corrected chi connectivity index (χ0v) is 15.3. The highest BCUT2D eigenvalue weighted by Crippen LogP contribution is 2.37. The molecule has 0 saturated carbocycles. The van der Waals surface area contributed by atoms with Crippen molar-refractivity contribution in [3.63, 3.8) is 0 Å². The van der Waals surface area contributed by atoms with Crippen LogP contribution in [-0.4, -0.2) is 41.9 Å². The molecule has 146 valence electrons. The number of rotatable bonds is 6. The normalized spacial score (nSPS) is 19.7. The molecule has 3 rings (SSSR count). The maximum atomic E-state index is 14.3. The molecule has 27 heavy (non-hydrogen) atoms. The van der Waals surface area contributed by atoms with Crippen LogP contribution >= 0.6 is 0 Å². The smallest absolute Gasteiger partial charge is 0.322 e. The van der Waals surface area contributed by atoms with Crippen LogP contribution in [0.5, 0.6) is 0 Å². The SMILES string of the molecule is CCCCCCN1CC2=C(C1=O)[C@@H](c1cc(F)c(F)cc1F)NC(=O)N2C. The number of nitrogens with one attached hydrogen (secondary N) is 1. The average Bonchev–Trinajstić information content (AvgIpc) is 2.95. The lowest BCUT2D eigenvalue weighted by Gasteiger charge is -2.31. The van der Waals surface area contributed by atoms with Crippen LogP contribution in [0.2, 0.25) is 0 Å². The number of unbranched alkanes of at least 4 members (excludes halogenated alkanes) is 3. The van der Waals surface area contributed by atoms with Crippen LogP contribution in [0, 0.1) is 17.5 Å². The molecule has 1 aromatic rings. The van der Waals surface area contributed by atoms with E-state index in [0.29, 0.717) is 24.4 Å². The van der Waals surface area contributed by atoms with Gasteiger partial charge in [0.05, 0.1) is 23.9 Å². The fourth-order valence-electron chi connectivity index (χ4n) is 3.53. The number of nitrogens with zero attached hydrogens (tertiary/aromatic N) is 2. The van der Waals surface area contributed by atoms with Gasteiger partial charge in [0, 0.05) is 25.2 Å². The van der Waals surface area contributed by atoms with Crippen molar-refractivity contribution in [2.45, 2.75) is 38.6 Å². The van der Waals surface area contributed by atoms with E-state index >= 15 is 0 Å². The van der Waals surface area contributed by atoms with E-state index in [9.17, 15) is 22.8 Å². The topological polar surface area (TPSA) is 52.7 Å². The second-order valence-corrected chi connectivity index (χ2v) is 6.88. The number of amides is 3. The van der Waals surface area contributed by atoms with Gasteiger partial charge in [-0.05, 0) is 12.5 Å². The fraction of sp³-hybridized carbons (Fsp3) is 0.474. The van der Waals surface area contributed by atoms with Crippen LogP contribution in [0.4, 0.5) is 18.0 Å². The predicted molar refractivity (Wildman–Crippen MR) is 93.1 cm³/mol. The van der Waals surface area contributed by atoms with Gasteiger partial charge in [-0.1, -0.05) is 26.2 Å². The van der Waals surface area contributed by atoms with Crippen LogP contribution in [0.25, 0.3) is 0 Å². The summed E-state index contributed by atoms with van der Waals surface area (Å²) in [5.74, 6) is -3.88. The zero-order valence-electron chi connectivity index (χ0n) is 15.3. The van der Waals surface area contributed by atoms with E-state index in [1.807, 2.05) is 0 Å². The van der Waals surface area contributed by atoms with Crippen molar-refractivity contribution in [3.05, 3.63) is 46.4 Å². The lowest BCUT2D eigenvalue weighted by molar-refractivity contribution is -0.125. The highest BCUT2D eigenvalue weighted by Gasteiger charge is 2.43. The summed E-state index contributed by atoms with van der Waals surface area (Å²) in [5, 5.41) is 2.52. The summed E-state index contributed by atoms with van der Waals surface area (Å²) in [6.45, 7) is 2.86. The van der Waals surface area contributed by atoms with Crippen molar-refractivity contribution in [2.75, 3.05) is 20.1 Å². The Labute approximate surface area is 155 Å². The van der Waals surface area contributed by atoms with Crippen molar-refractivity contribution in [1.82, 2.24) is 15.1 Å². The molecule has 0 fully saturated rings. The van der Waals surface area contributed by atoms with Gasteiger partial charge in [0.2, 0.25) is 0 Å². The number of likely N-dealkylation sites (N-methyl/N-ethyl adjacent to an activating group) is 1. The van der Waals surface area contributed by atoms with Crippen LogP contribution < -0.4 is 5.32 Å². The largest absolute Gasteiger partial charge is 0.333 e.